The van der Waals surface area contributed by atoms with E-state index in [-0.39, 0.29) is 5.56 Å². The fourth-order valence-electron chi connectivity index (χ4n) is 3.18. The number of halogens is 1. The van der Waals surface area contributed by atoms with E-state index in [0.717, 1.165) is 5.56 Å². The van der Waals surface area contributed by atoms with E-state index in [4.69, 9.17) is 16.3 Å². The Morgan fingerprint density at radius 2 is 1.79 bits per heavy atom. The summed E-state index contributed by atoms with van der Waals surface area (Å²) in [6, 6.07) is 6.96. The van der Waals surface area contributed by atoms with E-state index in [1.807, 2.05) is 0 Å². The molecule has 2 N–H and O–H groups in total. The zero-order chi connectivity index (χ0) is 20.3. The van der Waals surface area contributed by atoms with Gasteiger partial charge in [0, 0.05) is 16.0 Å². The number of benzene rings is 1. The first kappa shape index (κ1) is 20.1. The van der Waals surface area contributed by atoms with Crippen molar-refractivity contribution < 1.29 is 24.2 Å². The summed E-state index contributed by atoms with van der Waals surface area (Å²) in [6.07, 6.45) is 4.22. The van der Waals surface area contributed by atoms with Crippen molar-refractivity contribution in [3.63, 3.8) is 0 Å². The third-order valence-corrected chi connectivity index (χ3v) is 5.81. The summed E-state index contributed by atoms with van der Waals surface area (Å²) in [5.41, 5.74) is 1.61. The number of carbonyl (C=O) groups is 3. The highest BCUT2D eigenvalue weighted by atomic mass is 35.5. The van der Waals surface area contributed by atoms with Crippen LogP contribution in [0.3, 0.4) is 0 Å². The highest BCUT2D eigenvalue weighted by Gasteiger charge is 2.35. The van der Waals surface area contributed by atoms with Crippen LogP contribution in [-0.4, -0.2) is 30.1 Å². The minimum atomic E-state index is -1.01. The van der Waals surface area contributed by atoms with Crippen LogP contribution in [-0.2, 0) is 14.3 Å². The molecule has 0 saturated carbocycles. The third-order valence-electron chi connectivity index (χ3n) is 4.66. The molecule has 0 bridgehead atoms. The second kappa shape index (κ2) is 8.58. The number of allylic oxidation sites excluding steroid dienone is 2. The predicted molar refractivity (Wildman–Crippen MR) is 108 cm³/mol. The highest BCUT2D eigenvalue weighted by molar-refractivity contribution is 7.15. The molecule has 1 aliphatic carbocycles. The number of anilines is 1. The second-order valence-corrected chi connectivity index (χ2v) is 7.65. The Balaban J connectivity index is 1.92. The summed E-state index contributed by atoms with van der Waals surface area (Å²) in [7, 11) is 1.27. The molecule has 1 heterocycles. The largest absolute Gasteiger partial charge is 0.481 e. The Kier molecular flexibility index (Phi) is 6.16. The number of carboxylic acids is 1. The van der Waals surface area contributed by atoms with Crippen molar-refractivity contribution in [3.8, 4) is 11.1 Å². The van der Waals surface area contributed by atoms with Crippen LogP contribution in [0.2, 0.25) is 5.02 Å². The van der Waals surface area contributed by atoms with Gasteiger partial charge in [-0.2, -0.15) is 0 Å². The predicted octanol–water partition coefficient (Wildman–Crippen LogP) is 4.46. The SMILES string of the molecule is COC(=O)c1c(-c2ccc(Cl)cc2)csc1NC(=O)[C@H]1CC=CC[C@@H]1C(=O)O. The summed E-state index contributed by atoms with van der Waals surface area (Å²) in [6.45, 7) is 0. The molecule has 28 heavy (non-hydrogen) atoms. The van der Waals surface area contributed by atoms with Crippen molar-refractivity contribution in [1.29, 1.82) is 0 Å². The van der Waals surface area contributed by atoms with Crippen LogP contribution in [0.1, 0.15) is 23.2 Å². The van der Waals surface area contributed by atoms with Crippen LogP contribution in [0.15, 0.2) is 41.8 Å². The first-order valence-corrected chi connectivity index (χ1v) is 9.82. The molecule has 0 aliphatic heterocycles. The average Bonchev–Trinajstić information content (AvgIpc) is 3.11. The van der Waals surface area contributed by atoms with Gasteiger partial charge in [-0.15, -0.1) is 11.3 Å². The first-order chi connectivity index (χ1) is 13.4. The van der Waals surface area contributed by atoms with Gasteiger partial charge in [-0.3, -0.25) is 9.59 Å². The van der Waals surface area contributed by atoms with Crippen LogP contribution in [0, 0.1) is 11.8 Å². The van der Waals surface area contributed by atoms with E-state index >= 15 is 0 Å². The smallest absolute Gasteiger partial charge is 0.341 e. The Labute approximate surface area is 170 Å². The van der Waals surface area contributed by atoms with Crippen molar-refractivity contribution in [3.05, 3.63) is 52.4 Å². The van der Waals surface area contributed by atoms with Crippen molar-refractivity contribution in [1.82, 2.24) is 0 Å². The Hall–Kier alpha value is -2.64. The van der Waals surface area contributed by atoms with E-state index in [1.165, 1.54) is 18.4 Å². The van der Waals surface area contributed by atoms with E-state index in [0.29, 0.717) is 28.4 Å². The molecular weight excluding hydrogens is 402 g/mol. The Morgan fingerprint density at radius 1 is 1.14 bits per heavy atom. The molecule has 8 heteroatoms. The lowest BCUT2D eigenvalue weighted by Crippen LogP contribution is -2.34. The minimum Gasteiger partial charge on any atom is -0.481 e. The molecule has 1 amide bonds. The van der Waals surface area contributed by atoms with Gasteiger partial charge in [0.1, 0.15) is 10.6 Å². The standard InChI is InChI=1S/C20H18ClNO5S/c1-27-20(26)16-15(11-6-8-12(21)9-7-11)10-28-18(16)22-17(23)13-4-2-3-5-14(13)19(24)25/h2-3,6-10,13-14H,4-5H2,1H3,(H,22,23)(H,24,25)/t13-,14-/m0/s1. The van der Waals surface area contributed by atoms with Crippen molar-refractivity contribution in [2.45, 2.75) is 12.8 Å². The summed E-state index contributed by atoms with van der Waals surface area (Å²) in [5.74, 6) is -3.51. The van der Waals surface area contributed by atoms with Gasteiger partial charge in [0.15, 0.2) is 0 Å². The normalized spacial score (nSPS) is 18.5. The number of rotatable bonds is 5. The lowest BCUT2D eigenvalue weighted by Gasteiger charge is -2.24. The van der Waals surface area contributed by atoms with Gasteiger partial charge in [-0.25, -0.2) is 4.79 Å². The number of carboxylic acid groups (broad SMARTS) is 1. The molecule has 2 atom stereocenters. The van der Waals surface area contributed by atoms with E-state index in [9.17, 15) is 19.5 Å². The third kappa shape index (κ3) is 4.10. The van der Waals surface area contributed by atoms with E-state index in [2.05, 4.69) is 5.32 Å². The molecule has 0 saturated heterocycles. The van der Waals surface area contributed by atoms with E-state index in [1.54, 1.807) is 41.8 Å². The van der Waals surface area contributed by atoms with E-state index < -0.39 is 29.7 Å². The highest BCUT2D eigenvalue weighted by Crippen LogP contribution is 2.37. The number of aliphatic carboxylic acids is 1. The maximum Gasteiger partial charge on any atom is 0.341 e. The van der Waals surface area contributed by atoms with Gasteiger partial charge in [0.05, 0.1) is 18.9 Å². The van der Waals surface area contributed by atoms with Gasteiger partial charge in [-0.1, -0.05) is 35.9 Å². The summed E-state index contributed by atoms with van der Waals surface area (Å²) < 4.78 is 4.89. The second-order valence-electron chi connectivity index (χ2n) is 6.34. The quantitative estimate of drug-likeness (QED) is 0.551. The number of amides is 1. The average molecular weight is 420 g/mol. The number of methoxy groups -OCH3 is 1. The number of esters is 1. The maximum absolute atomic E-state index is 12.8. The molecule has 3 rings (SSSR count). The monoisotopic (exact) mass is 419 g/mol. The molecular formula is C20H18ClNO5S. The van der Waals surface area contributed by atoms with Crippen molar-refractivity contribution in [2.24, 2.45) is 11.8 Å². The molecule has 2 aromatic rings. The zero-order valence-electron chi connectivity index (χ0n) is 15.0. The molecule has 0 radical (unpaired) electrons. The zero-order valence-corrected chi connectivity index (χ0v) is 16.5. The number of hydrogen-bond acceptors (Lipinski definition) is 5. The summed E-state index contributed by atoms with van der Waals surface area (Å²) in [4.78, 5) is 36.6. The van der Waals surface area contributed by atoms with Crippen LogP contribution in [0.5, 0.6) is 0 Å². The van der Waals surface area contributed by atoms with Gasteiger partial charge in [-0.05, 0) is 30.5 Å². The number of hydrogen-bond donors (Lipinski definition) is 2. The number of thiophene rings is 1. The molecule has 0 spiro atoms. The van der Waals surface area contributed by atoms with Crippen LogP contribution < -0.4 is 5.32 Å². The Bertz CT molecular complexity index is 935. The Morgan fingerprint density at radius 3 is 2.39 bits per heavy atom. The van der Waals surface area contributed by atoms with Crippen molar-refractivity contribution in [2.75, 3.05) is 12.4 Å². The molecule has 1 aromatic heterocycles. The molecule has 0 unspecified atom stereocenters. The maximum atomic E-state index is 12.8. The van der Waals surface area contributed by atoms with Gasteiger partial charge in [0.25, 0.3) is 0 Å². The van der Waals surface area contributed by atoms with Crippen LogP contribution in [0.4, 0.5) is 5.00 Å². The lowest BCUT2D eigenvalue weighted by molar-refractivity contribution is -0.146. The summed E-state index contributed by atoms with van der Waals surface area (Å²) >= 11 is 7.12. The molecule has 0 fully saturated rings. The fraction of sp³-hybridized carbons (Fsp3) is 0.250. The topological polar surface area (TPSA) is 92.7 Å². The lowest BCUT2D eigenvalue weighted by atomic mass is 9.82. The van der Waals surface area contributed by atoms with Crippen LogP contribution >= 0.6 is 22.9 Å². The minimum absolute atomic E-state index is 0.237. The molecule has 1 aliphatic rings. The molecule has 146 valence electrons. The van der Waals surface area contributed by atoms with Gasteiger partial charge >= 0.3 is 11.9 Å². The summed E-state index contributed by atoms with van der Waals surface area (Å²) in [5, 5.41) is 14.8. The fourth-order valence-corrected chi connectivity index (χ4v) is 4.26. The van der Waals surface area contributed by atoms with Gasteiger partial charge in [0.2, 0.25) is 5.91 Å². The van der Waals surface area contributed by atoms with Gasteiger partial charge < -0.3 is 15.2 Å². The first-order valence-electron chi connectivity index (χ1n) is 8.56. The van der Waals surface area contributed by atoms with Crippen molar-refractivity contribution >= 4 is 45.8 Å². The molecule has 6 nitrogen and oxygen atoms in total. The number of ether oxygens (including phenoxy) is 1. The van der Waals surface area contributed by atoms with Crippen LogP contribution in [0.25, 0.3) is 11.1 Å². The molecule has 1 aromatic carbocycles. The number of carbonyl (C=O) groups excluding carboxylic acids is 2. The number of nitrogens with one attached hydrogen (secondary N) is 1.